The van der Waals surface area contributed by atoms with Crippen molar-refractivity contribution in [3.05, 3.63) is 108 Å². The Labute approximate surface area is 166 Å². The van der Waals surface area contributed by atoms with Crippen molar-refractivity contribution in [2.24, 2.45) is 0 Å². The van der Waals surface area contributed by atoms with Crippen LogP contribution in [0, 0.1) is 0 Å². The van der Waals surface area contributed by atoms with Crippen LogP contribution in [-0.4, -0.2) is 17.4 Å². The molecule has 0 aromatic heterocycles. The molecule has 28 heavy (non-hydrogen) atoms. The first-order valence-corrected chi connectivity index (χ1v) is 9.90. The van der Waals surface area contributed by atoms with Gasteiger partial charge in [0.15, 0.2) is 0 Å². The third kappa shape index (κ3) is 3.08. The molecule has 3 aromatic rings. The van der Waals surface area contributed by atoms with Gasteiger partial charge in [0.05, 0.1) is 11.0 Å². The topological polar surface area (TPSA) is 49.7 Å². The first-order valence-electron chi connectivity index (χ1n) is 9.90. The summed E-state index contributed by atoms with van der Waals surface area (Å²) in [4.78, 5) is 0. The molecule has 0 amide bonds. The predicted molar refractivity (Wildman–Crippen MR) is 112 cm³/mol. The summed E-state index contributed by atoms with van der Waals surface area (Å²) in [5.41, 5.74) is 1.81. The maximum absolute atomic E-state index is 9.99. The summed E-state index contributed by atoms with van der Waals surface area (Å²) in [6, 6.07) is 30.7. The van der Waals surface area contributed by atoms with Gasteiger partial charge in [-0.25, -0.2) is 0 Å². The molecule has 4 rings (SSSR count). The van der Waals surface area contributed by atoms with Crippen molar-refractivity contribution < 1.29 is 14.7 Å². The van der Waals surface area contributed by atoms with Crippen molar-refractivity contribution in [2.75, 3.05) is 0 Å². The fourth-order valence-electron chi connectivity index (χ4n) is 5.05. The summed E-state index contributed by atoms with van der Waals surface area (Å²) in [5.74, 6) is 0. The van der Waals surface area contributed by atoms with Crippen molar-refractivity contribution in [2.45, 2.75) is 36.7 Å². The van der Waals surface area contributed by atoms with Crippen LogP contribution < -0.4 is 0 Å². The predicted octanol–water partition coefficient (Wildman–Crippen LogP) is 4.43. The highest BCUT2D eigenvalue weighted by Crippen LogP contribution is 2.58. The van der Waals surface area contributed by atoms with Crippen LogP contribution in [0.25, 0.3) is 0 Å². The first kappa shape index (κ1) is 18.9. The van der Waals surface area contributed by atoms with Crippen LogP contribution in [0.5, 0.6) is 0 Å². The lowest BCUT2D eigenvalue weighted by atomic mass is 9.54. The molecule has 3 nitrogen and oxygen atoms in total. The molecule has 1 aliphatic carbocycles. The van der Waals surface area contributed by atoms with Gasteiger partial charge >= 0.3 is 7.32 Å². The Kier molecular flexibility index (Phi) is 5.36. The summed E-state index contributed by atoms with van der Waals surface area (Å²) in [6.45, 7) is 0. The minimum atomic E-state index is -1.86. The molecule has 0 bridgehead atoms. The zero-order valence-electron chi connectivity index (χ0n) is 15.9. The molecule has 1 saturated carbocycles. The first-order chi connectivity index (χ1) is 13.7. The summed E-state index contributed by atoms with van der Waals surface area (Å²) in [5, 5.41) is 20.0. The van der Waals surface area contributed by atoms with Crippen molar-refractivity contribution in [1.82, 2.24) is 0 Å². The minimum Gasteiger partial charge on any atom is -0.402 e. The van der Waals surface area contributed by atoms with E-state index in [0.29, 0.717) is 6.42 Å². The second kappa shape index (κ2) is 7.92. The molecule has 0 radical (unpaired) electrons. The van der Waals surface area contributed by atoms with E-state index in [1.807, 2.05) is 66.7 Å². The van der Waals surface area contributed by atoms with Crippen molar-refractivity contribution in [3.8, 4) is 0 Å². The van der Waals surface area contributed by atoms with Gasteiger partial charge in [-0.05, 0) is 29.5 Å². The second-order valence-electron chi connectivity index (χ2n) is 7.48. The van der Waals surface area contributed by atoms with E-state index in [4.69, 9.17) is 4.65 Å². The number of benzene rings is 3. The number of hydrogen-bond donors (Lipinski definition) is 2. The van der Waals surface area contributed by atoms with Gasteiger partial charge in [0.1, 0.15) is 0 Å². The standard InChI is InChI=1S/C24H25BO3/c26-25(27)28-24(22-16-8-3-9-17-22)19-11-10-18-23(24,20-12-4-1-5-13-20)21-14-6-2-7-15-21/h1-9,12-17,26-27H,10-11,18-19H2. The van der Waals surface area contributed by atoms with Gasteiger partial charge in [0.2, 0.25) is 0 Å². The Morgan fingerprint density at radius 1 is 0.607 bits per heavy atom. The van der Waals surface area contributed by atoms with Crippen LogP contribution in [0.2, 0.25) is 0 Å². The molecule has 3 aromatic carbocycles. The maximum Gasteiger partial charge on any atom is 0.634 e. The van der Waals surface area contributed by atoms with E-state index in [-0.39, 0.29) is 0 Å². The fourth-order valence-corrected chi connectivity index (χ4v) is 5.05. The van der Waals surface area contributed by atoms with Crippen LogP contribution in [0.15, 0.2) is 91.0 Å². The third-order valence-electron chi connectivity index (χ3n) is 6.10. The zero-order chi connectivity index (χ0) is 19.5. The van der Waals surface area contributed by atoms with Gasteiger partial charge in [-0.2, -0.15) is 0 Å². The van der Waals surface area contributed by atoms with E-state index < -0.39 is 18.3 Å². The van der Waals surface area contributed by atoms with Gasteiger partial charge in [-0.3, -0.25) is 0 Å². The summed E-state index contributed by atoms with van der Waals surface area (Å²) < 4.78 is 6.10. The number of rotatable bonds is 5. The van der Waals surface area contributed by atoms with Crippen LogP contribution in [0.1, 0.15) is 42.4 Å². The van der Waals surface area contributed by atoms with Gasteiger partial charge in [-0.15, -0.1) is 0 Å². The van der Waals surface area contributed by atoms with Gasteiger partial charge in [0.25, 0.3) is 0 Å². The monoisotopic (exact) mass is 372 g/mol. The molecule has 1 unspecified atom stereocenters. The summed E-state index contributed by atoms with van der Waals surface area (Å²) in [7, 11) is -1.86. The lowest BCUT2D eigenvalue weighted by Crippen LogP contribution is -2.56. The van der Waals surface area contributed by atoms with Crippen LogP contribution in [0.4, 0.5) is 0 Å². The Morgan fingerprint density at radius 2 is 1.04 bits per heavy atom. The fraction of sp³-hybridized carbons (Fsp3) is 0.250. The van der Waals surface area contributed by atoms with Gasteiger partial charge in [0, 0.05) is 0 Å². The lowest BCUT2D eigenvalue weighted by molar-refractivity contribution is -0.0662. The molecule has 0 saturated heterocycles. The van der Waals surface area contributed by atoms with E-state index in [0.717, 1.165) is 36.0 Å². The molecular formula is C24H25BO3. The zero-order valence-corrected chi connectivity index (χ0v) is 15.9. The average molecular weight is 372 g/mol. The Morgan fingerprint density at radius 3 is 1.50 bits per heavy atom. The average Bonchev–Trinajstić information content (AvgIpc) is 2.75. The Hall–Kier alpha value is -2.40. The summed E-state index contributed by atoms with van der Waals surface area (Å²) in [6.07, 6.45) is 3.58. The molecular weight excluding hydrogens is 347 g/mol. The van der Waals surface area contributed by atoms with Crippen LogP contribution in [0.3, 0.4) is 0 Å². The number of hydrogen-bond acceptors (Lipinski definition) is 3. The Bertz CT molecular complexity index is 844. The molecule has 1 fully saturated rings. The molecule has 1 aliphatic rings. The van der Waals surface area contributed by atoms with E-state index in [2.05, 4.69) is 24.3 Å². The molecule has 0 heterocycles. The highest BCUT2D eigenvalue weighted by Gasteiger charge is 2.57. The molecule has 142 valence electrons. The normalized spacial score (nSPS) is 21.2. The van der Waals surface area contributed by atoms with E-state index >= 15 is 0 Å². The highest BCUT2D eigenvalue weighted by atomic mass is 16.6. The molecule has 1 atom stereocenters. The van der Waals surface area contributed by atoms with Gasteiger partial charge < -0.3 is 14.7 Å². The van der Waals surface area contributed by atoms with E-state index in [1.165, 1.54) is 0 Å². The summed E-state index contributed by atoms with van der Waals surface area (Å²) >= 11 is 0. The van der Waals surface area contributed by atoms with Crippen molar-refractivity contribution in [3.63, 3.8) is 0 Å². The maximum atomic E-state index is 9.99. The highest BCUT2D eigenvalue weighted by molar-refractivity contribution is 6.32. The Balaban J connectivity index is 2.06. The molecule has 0 aliphatic heterocycles. The molecule has 2 N–H and O–H groups in total. The van der Waals surface area contributed by atoms with Crippen molar-refractivity contribution >= 4 is 7.32 Å². The third-order valence-corrected chi connectivity index (χ3v) is 6.10. The second-order valence-corrected chi connectivity index (χ2v) is 7.48. The lowest BCUT2D eigenvalue weighted by Gasteiger charge is -2.55. The minimum absolute atomic E-state index is 0.529. The van der Waals surface area contributed by atoms with Gasteiger partial charge in [-0.1, -0.05) is 104 Å². The van der Waals surface area contributed by atoms with Crippen molar-refractivity contribution in [1.29, 1.82) is 0 Å². The van der Waals surface area contributed by atoms with Crippen LogP contribution >= 0.6 is 0 Å². The van der Waals surface area contributed by atoms with E-state index in [9.17, 15) is 10.0 Å². The SMILES string of the molecule is OB(O)OC1(c2ccccc2)CCCCC1(c1ccccc1)c1ccccc1. The molecule has 4 heteroatoms. The largest absolute Gasteiger partial charge is 0.634 e. The smallest absolute Gasteiger partial charge is 0.402 e. The quantitative estimate of drug-likeness (QED) is 0.652. The van der Waals surface area contributed by atoms with Crippen LogP contribution in [-0.2, 0) is 15.7 Å². The van der Waals surface area contributed by atoms with E-state index in [1.54, 1.807) is 0 Å². The molecule has 0 spiro atoms.